The van der Waals surface area contributed by atoms with Crippen LogP contribution in [0.5, 0.6) is 0 Å². The zero-order chi connectivity index (χ0) is 9.90. The van der Waals surface area contributed by atoms with Gasteiger partial charge in [0.15, 0.2) is 5.76 Å². The highest BCUT2D eigenvalue weighted by atomic mass is 16.3. The SMILES string of the molecule is CCC(C)(CN)C(=O)c1ccco1. The Morgan fingerprint density at radius 3 is 2.77 bits per heavy atom. The Balaban J connectivity index is 2.89. The summed E-state index contributed by atoms with van der Waals surface area (Å²) in [5, 5.41) is 0. The fourth-order valence-electron chi connectivity index (χ4n) is 1.10. The molecule has 3 nitrogen and oxygen atoms in total. The Kier molecular flexibility index (Phi) is 2.88. The molecular formula is C10H15NO2. The van der Waals surface area contributed by atoms with Crippen LogP contribution in [0.25, 0.3) is 0 Å². The molecule has 0 saturated heterocycles. The summed E-state index contributed by atoms with van der Waals surface area (Å²) < 4.78 is 5.04. The second kappa shape index (κ2) is 3.75. The third-order valence-corrected chi connectivity index (χ3v) is 2.52. The molecule has 0 aliphatic heterocycles. The first-order valence-corrected chi connectivity index (χ1v) is 4.42. The Bertz CT molecular complexity index is 273. The van der Waals surface area contributed by atoms with E-state index in [1.807, 2.05) is 13.8 Å². The molecule has 0 spiro atoms. The van der Waals surface area contributed by atoms with Gasteiger partial charge < -0.3 is 10.2 Å². The Hall–Kier alpha value is -1.09. The van der Waals surface area contributed by atoms with Crippen LogP contribution in [0.4, 0.5) is 0 Å². The van der Waals surface area contributed by atoms with Crippen LogP contribution in [0.1, 0.15) is 30.8 Å². The van der Waals surface area contributed by atoms with E-state index < -0.39 is 5.41 Å². The number of nitrogens with two attached hydrogens (primary N) is 1. The lowest BCUT2D eigenvalue weighted by Crippen LogP contribution is -2.35. The van der Waals surface area contributed by atoms with E-state index in [-0.39, 0.29) is 5.78 Å². The van der Waals surface area contributed by atoms with Crippen molar-refractivity contribution in [1.82, 2.24) is 0 Å². The molecule has 0 amide bonds. The van der Waals surface area contributed by atoms with Crippen molar-refractivity contribution < 1.29 is 9.21 Å². The minimum atomic E-state index is -0.488. The third-order valence-electron chi connectivity index (χ3n) is 2.52. The van der Waals surface area contributed by atoms with Gasteiger partial charge in [-0.25, -0.2) is 0 Å². The molecular weight excluding hydrogens is 166 g/mol. The Labute approximate surface area is 77.9 Å². The molecule has 13 heavy (non-hydrogen) atoms. The standard InChI is InChI=1S/C10H15NO2/c1-3-10(2,7-11)9(12)8-5-4-6-13-8/h4-6H,3,7,11H2,1-2H3. The molecule has 3 heteroatoms. The summed E-state index contributed by atoms with van der Waals surface area (Å²) in [6, 6.07) is 3.38. The lowest BCUT2D eigenvalue weighted by Gasteiger charge is -2.22. The fraction of sp³-hybridized carbons (Fsp3) is 0.500. The number of rotatable bonds is 4. The van der Waals surface area contributed by atoms with Crippen molar-refractivity contribution in [1.29, 1.82) is 0 Å². The first-order chi connectivity index (χ1) is 6.14. The van der Waals surface area contributed by atoms with Gasteiger partial charge in [0.05, 0.1) is 6.26 Å². The van der Waals surface area contributed by atoms with Gasteiger partial charge in [-0.1, -0.05) is 13.8 Å². The van der Waals surface area contributed by atoms with E-state index in [4.69, 9.17) is 10.2 Å². The molecule has 1 aromatic rings. The zero-order valence-electron chi connectivity index (χ0n) is 8.04. The summed E-state index contributed by atoms with van der Waals surface area (Å²) in [5.74, 6) is 0.386. The normalized spacial score (nSPS) is 15.3. The molecule has 0 aromatic carbocycles. The average molecular weight is 181 g/mol. The summed E-state index contributed by atoms with van der Waals surface area (Å²) in [6.07, 6.45) is 2.23. The molecule has 0 bridgehead atoms. The number of Topliss-reactive ketones (excluding diaryl/α,β-unsaturated/α-hetero) is 1. The van der Waals surface area contributed by atoms with E-state index in [1.165, 1.54) is 6.26 Å². The number of carbonyl (C=O) groups excluding carboxylic acids is 1. The minimum Gasteiger partial charge on any atom is -0.461 e. The van der Waals surface area contributed by atoms with Gasteiger partial charge in [0.1, 0.15) is 0 Å². The van der Waals surface area contributed by atoms with Gasteiger partial charge in [-0.05, 0) is 18.6 Å². The number of hydrogen-bond acceptors (Lipinski definition) is 3. The van der Waals surface area contributed by atoms with E-state index in [1.54, 1.807) is 12.1 Å². The minimum absolute atomic E-state index is 0.0116. The van der Waals surface area contributed by atoms with Gasteiger partial charge in [-0.2, -0.15) is 0 Å². The molecule has 0 aliphatic carbocycles. The number of furan rings is 1. The van der Waals surface area contributed by atoms with Crippen LogP contribution in [0.2, 0.25) is 0 Å². The second-order valence-corrected chi connectivity index (χ2v) is 3.42. The predicted octanol–water partition coefficient (Wildman–Crippen LogP) is 1.84. The highest BCUT2D eigenvalue weighted by Gasteiger charge is 2.32. The number of carbonyl (C=O) groups is 1. The molecule has 0 radical (unpaired) electrons. The molecule has 1 unspecified atom stereocenters. The zero-order valence-corrected chi connectivity index (χ0v) is 8.04. The Morgan fingerprint density at radius 2 is 2.38 bits per heavy atom. The first-order valence-electron chi connectivity index (χ1n) is 4.42. The van der Waals surface area contributed by atoms with Crippen molar-refractivity contribution in [3.05, 3.63) is 24.2 Å². The van der Waals surface area contributed by atoms with E-state index in [2.05, 4.69) is 0 Å². The van der Waals surface area contributed by atoms with E-state index >= 15 is 0 Å². The van der Waals surface area contributed by atoms with Crippen molar-refractivity contribution >= 4 is 5.78 Å². The van der Waals surface area contributed by atoms with Crippen molar-refractivity contribution in [2.75, 3.05) is 6.54 Å². The molecule has 0 aliphatic rings. The Morgan fingerprint density at radius 1 is 1.69 bits per heavy atom. The molecule has 2 N–H and O–H groups in total. The molecule has 1 atom stereocenters. The summed E-state index contributed by atoms with van der Waals surface area (Å²) in [5.41, 5.74) is 5.07. The third kappa shape index (κ3) is 1.80. The van der Waals surface area contributed by atoms with E-state index in [9.17, 15) is 4.79 Å². The summed E-state index contributed by atoms with van der Waals surface area (Å²) in [6.45, 7) is 4.16. The summed E-state index contributed by atoms with van der Waals surface area (Å²) in [7, 11) is 0. The maximum absolute atomic E-state index is 11.8. The van der Waals surface area contributed by atoms with Crippen LogP contribution in [-0.2, 0) is 0 Å². The van der Waals surface area contributed by atoms with Gasteiger partial charge in [-0.3, -0.25) is 4.79 Å². The van der Waals surface area contributed by atoms with Gasteiger partial charge in [-0.15, -0.1) is 0 Å². The van der Waals surface area contributed by atoms with Crippen molar-refractivity contribution in [3.8, 4) is 0 Å². The van der Waals surface area contributed by atoms with Crippen LogP contribution in [0.15, 0.2) is 22.8 Å². The van der Waals surface area contributed by atoms with Gasteiger partial charge in [0.2, 0.25) is 5.78 Å². The topological polar surface area (TPSA) is 56.2 Å². The highest BCUT2D eigenvalue weighted by Crippen LogP contribution is 2.25. The van der Waals surface area contributed by atoms with E-state index in [0.717, 1.165) is 6.42 Å². The highest BCUT2D eigenvalue weighted by molar-refractivity contribution is 5.98. The molecule has 0 saturated carbocycles. The summed E-state index contributed by atoms with van der Waals surface area (Å²) >= 11 is 0. The monoisotopic (exact) mass is 181 g/mol. The van der Waals surface area contributed by atoms with Crippen LogP contribution >= 0.6 is 0 Å². The van der Waals surface area contributed by atoms with Crippen LogP contribution in [0, 0.1) is 5.41 Å². The lowest BCUT2D eigenvalue weighted by molar-refractivity contribution is 0.0789. The molecule has 0 fully saturated rings. The molecule has 1 heterocycles. The fourth-order valence-corrected chi connectivity index (χ4v) is 1.10. The van der Waals surface area contributed by atoms with Crippen molar-refractivity contribution in [3.63, 3.8) is 0 Å². The maximum atomic E-state index is 11.8. The average Bonchev–Trinajstić information content (AvgIpc) is 2.68. The van der Waals surface area contributed by atoms with Crippen LogP contribution < -0.4 is 5.73 Å². The quantitative estimate of drug-likeness (QED) is 0.721. The van der Waals surface area contributed by atoms with E-state index in [0.29, 0.717) is 12.3 Å². The molecule has 72 valence electrons. The predicted molar refractivity (Wildman–Crippen MR) is 50.5 cm³/mol. The second-order valence-electron chi connectivity index (χ2n) is 3.42. The number of ketones is 1. The lowest BCUT2D eigenvalue weighted by atomic mass is 9.82. The summed E-state index contributed by atoms with van der Waals surface area (Å²) in [4.78, 5) is 11.8. The number of hydrogen-bond donors (Lipinski definition) is 1. The van der Waals surface area contributed by atoms with Gasteiger partial charge in [0, 0.05) is 12.0 Å². The van der Waals surface area contributed by atoms with Gasteiger partial charge >= 0.3 is 0 Å². The van der Waals surface area contributed by atoms with Gasteiger partial charge in [0.25, 0.3) is 0 Å². The van der Waals surface area contributed by atoms with Crippen LogP contribution in [-0.4, -0.2) is 12.3 Å². The first kappa shape index (κ1) is 9.99. The molecule has 1 aromatic heterocycles. The van der Waals surface area contributed by atoms with Crippen molar-refractivity contribution in [2.45, 2.75) is 20.3 Å². The maximum Gasteiger partial charge on any atom is 0.205 e. The molecule has 1 rings (SSSR count). The smallest absolute Gasteiger partial charge is 0.205 e. The van der Waals surface area contributed by atoms with Crippen LogP contribution in [0.3, 0.4) is 0 Å². The largest absolute Gasteiger partial charge is 0.461 e. The van der Waals surface area contributed by atoms with Crippen molar-refractivity contribution in [2.24, 2.45) is 11.1 Å².